The molecule has 96 valence electrons. The quantitative estimate of drug-likeness (QED) is 0.379. The van der Waals surface area contributed by atoms with Gasteiger partial charge < -0.3 is 14.6 Å². The molecule has 0 aromatic carbocycles. The zero-order valence-electron chi connectivity index (χ0n) is 10.1. The topological polar surface area (TPSA) is 96.6 Å². The second-order valence-electron chi connectivity index (χ2n) is 3.27. The monoisotopic (exact) mass is 243 g/mol. The molecule has 0 radical (unpaired) electrons. The van der Waals surface area contributed by atoms with Gasteiger partial charge in [-0.3, -0.25) is 9.59 Å². The summed E-state index contributed by atoms with van der Waals surface area (Å²) in [6, 6.07) is 1.41. The molecule has 0 saturated carbocycles. The number of nitriles is 1. The van der Waals surface area contributed by atoms with Crippen molar-refractivity contribution in [3.63, 3.8) is 0 Å². The maximum atomic E-state index is 11.5. The van der Waals surface area contributed by atoms with E-state index in [4.69, 9.17) is 5.26 Å². The van der Waals surface area contributed by atoms with E-state index >= 15 is 0 Å². The zero-order valence-corrected chi connectivity index (χ0v) is 10.1. The second kappa shape index (κ2) is 7.76. The Bertz CT molecular complexity index is 309. The summed E-state index contributed by atoms with van der Waals surface area (Å²) in [5.74, 6) is -3.55. The van der Waals surface area contributed by atoms with Gasteiger partial charge in [-0.25, -0.2) is 0 Å². The predicted molar refractivity (Wildman–Crippen MR) is 57.7 cm³/mol. The fraction of sp³-hybridized carbons (Fsp3) is 0.727. The average Bonchev–Trinajstić information content (AvgIpc) is 2.29. The van der Waals surface area contributed by atoms with Crippen LogP contribution in [0.2, 0.25) is 0 Å². The van der Waals surface area contributed by atoms with Crippen LogP contribution in [0.5, 0.6) is 0 Å². The lowest BCUT2D eigenvalue weighted by Crippen LogP contribution is -2.40. The van der Waals surface area contributed by atoms with Crippen LogP contribution in [0.1, 0.15) is 33.1 Å². The van der Waals surface area contributed by atoms with Gasteiger partial charge in [0.25, 0.3) is 0 Å². The predicted octanol–water partition coefficient (Wildman–Crippen LogP) is 0.538. The Labute approximate surface area is 100 Å². The number of aliphatic hydroxyl groups is 1. The van der Waals surface area contributed by atoms with Crippen LogP contribution in [0, 0.1) is 11.3 Å². The fourth-order valence-electron chi connectivity index (χ4n) is 1.18. The molecule has 6 nitrogen and oxygen atoms in total. The molecule has 6 heteroatoms. The van der Waals surface area contributed by atoms with E-state index < -0.39 is 17.5 Å². The van der Waals surface area contributed by atoms with Crippen molar-refractivity contribution in [3.05, 3.63) is 0 Å². The number of carbonyl (C=O) groups is 2. The number of carbonyl (C=O) groups excluding carboxylic acids is 2. The number of esters is 1. The Morgan fingerprint density at radius 3 is 2.41 bits per heavy atom. The molecule has 17 heavy (non-hydrogen) atoms. The first-order chi connectivity index (χ1) is 8.00. The van der Waals surface area contributed by atoms with Crippen molar-refractivity contribution >= 4 is 11.8 Å². The maximum absolute atomic E-state index is 11.5. The number of hydrogen-bond acceptors (Lipinski definition) is 6. The lowest BCUT2D eigenvalue weighted by molar-refractivity contribution is -0.179. The standard InChI is InChI=1S/C11H17NO5/c1-3-16-10(14)7-5-6-9(13)11(15,8-12)17-4-2/h15H,3-7H2,1-2H3. The molecule has 0 rings (SSSR count). The number of ether oxygens (including phenoxy) is 2. The van der Waals surface area contributed by atoms with E-state index in [1.807, 2.05) is 0 Å². The SMILES string of the molecule is CCOC(=O)CCCC(=O)C(O)(C#N)OCC. The smallest absolute Gasteiger partial charge is 0.318 e. The van der Waals surface area contributed by atoms with Crippen LogP contribution in [-0.2, 0) is 19.1 Å². The minimum Gasteiger partial charge on any atom is -0.466 e. The van der Waals surface area contributed by atoms with Crippen molar-refractivity contribution < 1.29 is 24.2 Å². The van der Waals surface area contributed by atoms with Crippen LogP contribution in [0.15, 0.2) is 0 Å². The molecule has 1 unspecified atom stereocenters. The van der Waals surface area contributed by atoms with E-state index in [2.05, 4.69) is 9.47 Å². The second-order valence-corrected chi connectivity index (χ2v) is 3.27. The average molecular weight is 243 g/mol. The highest BCUT2D eigenvalue weighted by Crippen LogP contribution is 2.12. The van der Waals surface area contributed by atoms with Crippen molar-refractivity contribution in [1.82, 2.24) is 0 Å². The van der Waals surface area contributed by atoms with Crippen LogP contribution in [-0.4, -0.2) is 35.9 Å². The molecule has 0 saturated heterocycles. The third kappa shape index (κ3) is 5.43. The normalized spacial score (nSPS) is 13.5. The molecule has 0 aliphatic carbocycles. The van der Waals surface area contributed by atoms with Crippen molar-refractivity contribution in [1.29, 1.82) is 5.26 Å². The Hall–Kier alpha value is -1.45. The van der Waals surface area contributed by atoms with Crippen molar-refractivity contribution in [2.75, 3.05) is 13.2 Å². The van der Waals surface area contributed by atoms with Crippen LogP contribution in [0.3, 0.4) is 0 Å². The lowest BCUT2D eigenvalue weighted by Gasteiger charge is -2.17. The maximum Gasteiger partial charge on any atom is 0.318 e. The third-order valence-corrected chi connectivity index (χ3v) is 1.97. The van der Waals surface area contributed by atoms with E-state index in [1.54, 1.807) is 13.8 Å². The fourth-order valence-corrected chi connectivity index (χ4v) is 1.18. The van der Waals surface area contributed by atoms with Gasteiger partial charge in [-0.2, -0.15) is 5.26 Å². The van der Waals surface area contributed by atoms with Gasteiger partial charge >= 0.3 is 11.8 Å². The molecule has 0 aromatic heterocycles. The molecule has 0 spiro atoms. The van der Waals surface area contributed by atoms with Gasteiger partial charge in [-0.05, 0) is 20.3 Å². The minimum atomic E-state index is -2.40. The van der Waals surface area contributed by atoms with Gasteiger partial charge in [0.05, 0.1) is 6.61 Å². The number of nitrogens with zero attached hydrogens (tertiary/aromatic N) is 1. The molecule has 0 aliphatic rings. The molecule has 0 amide bonds. The lowest BCUT2D eigenvalue weighted by atomic mass is 10.1. The van der Waals surface area contributed by atoms with Gasteiger partial charge in [0.2, 0.25) is 5.78 Å². The number of hydrogen-bond donors (Lipinski definition) is 1. The van der Waals surface area contributed by atoms with Gasteiger partial charge in [-0.15, -0.1) is 0 Å². The van der Waals surface area contributed by atoms with Crippen molar-refractivity contribution in [2.24, 2.45) is 0 Å². The first kappa shape index (κ1) is 15.6. The molecule has 0 aromatic rings. The zero-order chi connectivity index (χ0) is 13.3. The van der Waals surface area contributed by atoms with Gasteiger partial charge in [0.1, 0.15) is 6.07 Å². The van der Waals surface area contributed by atoms with Crippen LogP contribution < -0.4 is 0 Å². The largest absolute Gasteiger partial charge is 0.466 e. The molecule has 0 aliphatic heterocycles. The number of Topliss-reactive ketones (excluding diaryl/α,β-unsaturated/α-hetero) is 1. The molecule has 0 heterocycles. The Morgan fingerprint density at radius 2 is 1.94 bits per heavy atom. The molecule has 0 bridgehead atoms. The summed E-state index contributed by atoms with van der Waals surface area (Å²) in [6.07, 6.45) is 0.185. The molecular formula is C11H17NO5. The van der Waals surface area contributed by atoms with Crippen molar-refractivity contribution in [2.45, 2.75) is 38.9 Å². The van der Waals surface area contributed by atoms with Gasteiger partial charge in [0.15, 0.2) is 0 Å². The first-order valence-corrected chi connectivity index (χ1v) is 5.46. The van der Waals surface area contributed by atoms with Crippen LogP contribution in [0.25, 0.3) is 0 Å². The highest BCUT2D eigenvalue weighted by Gasteiger charge is 2.36. The van der Waals surface area contributed by atoms with E-state index in [0.29, 0.717) is 0 Å². The highest BCUT2D eigenvalue weighted by atomic mass is 16.6. The van der Waals surface area contributed by atoms with Crippen LogP contribution in [0.4, 0.5) is 0 Å². The van der Waals surface area contributed by atoms with Gasteiger partial charge in [0, 0.05) is 19.4 Å². The molecule has 1 N–H and O–H groups in total. The van der Waals surface area contributed by atoms with E-state index in [9.17, 15) is 14.7 Å². The number of ketones is 1. The Morgan fingerprint density at radius 1 is 1.29 bits per heavy atom. The summed E-state index contributed by atoms with van der Waals surface area (Å²) in [7, 11) is 0. The number of rotatable bonds is 8. The summed E-state index contributed by atoms with van der Waals surface area (Å²) in [5, 5.41) is 18.2. The third-order valence-electron chi connectivity index (χ3n) is 1.97. The Balaban J connectivity index is 4.09. The van der Waals surface area contributed by atoms with E-state index in [-0.39, 0.29) is 32.5 Å². The first-order valence-electron chi connectivity index (χ1n) is 5.46. The summed E-state index contributed by atoms with van der Waals surface area (Å²) >= 11 is 0. The Kier molecular flexibility index (Phi) is 7.10. The summed E-state index contributed by atoms with van der Waals surface area (Å²) in [6.45, 7) is 3.59. The molecule has 0 fully saturated rings. The summed E-state index contributed by atoms with van der Waals surface area (Å²) in [5.41, 5.74) is 0. The summed E-state index contributed by atoms with van der Waals surface area (Å²) in [4.78, 5) is 22.5. The van der Waals surface area contributed by atoms with E-state index in [1.165, 1.54) is 6.07 Å². The van der Waals surface area contributed by atoms with Gasteiger partial charge in [-0.1, -0.05) is 0 Å². The highest BCUT2D eigenvalue weighted by molar-refractivity contribution is 5.88. The van der Waals surface area contributed by atoms with E-state index in [0.717, 1.165) is 0 Å². The minimum absolute atomic E-state index is 0.0493. The summed E-state index contributed by atoms with van der Waals surface area (Å²) < 4.78 is 9.35. The molecular weight excluding hydrogens is 226 g/mol. The van der Waals surface area contributed by atoms with Crippen molar-refractivity contribution in [3.8, 4) is 6.07 Å². The molecule has 1 atom stereocenters. The van der Waals surface area contributed by atoms with Crippen LogP contribution >= 0.6 is 0 Å².